The molecule has 0 fully saturated rings. The van der Waals surface area contributed by atoms with E-state index in [1.54, 1.807) is 4.68 Å². The summed E-state index contributed by atoms with van der Waals surface area (Å²) in [5.41, 5.74) is 6.71. The highest BCUT2D eigenvalue weighted by atomic mass is 79.9. The number of amides is 1. The molecule has 0 saturated heterocycles. The van der Waals surface area contributed by atoms with Gasteiger partial charge >= 0.3 is 0 Å². The minimum absolute atomic E-state index is 0.0986. The summed E-state index contributed by atoms with van der Waals surface area (Å²) in [7, 11) is 0. The van der Waals surface area contributed by atoms with Crippen LogP contribution in [0.5, 0.6) is 0 Å². The van der Waals surface area contributed by atoms with Crippen molar-refractivity contribution in [3.05, 3.63) is 58.9 Å². The monoisotopic (exact) mass is 306 g/mol. The van der Waals surface area contributed by atoms with Crippen molar-refractivity contribution in [1.29, 1.82) is 0 Å². The molecule has 3 nitrogen and oxygen atoms in total. The molecule has 1 aromatic heterocycles. The quantitative estimate of drug-likeness (QED) is 0.867. The summed E-state index contributed by atoms with van der Waals surface area (Å²) in [6.07, 6.45) is 0. The van der Waals surface area contributed by atoms with Crippen LogP contribution in [0, 0.1) is 13.8 Å². The van der Waals surface area contributed by atoms with Gasteiger partial charge in [0.25, 0.3) is 5.91 Å². The maximum absolute atomic E-state index is 12.1. The lowest BCUT2D eigenvalue weighted by Gasteiger charge is -2.11. The van der Waals surface area contributed by atoms with Gasteiger partial charge in [0, 0.05) is 22.3 Å². The second-order valence-corrected chi connectivity index (χ2v) is 4.78. The van der Waals surface area contributed by atoms with Crippen molar-refractivity contribution < 1.29 is 4.79 Å². The van der Waals surface area contributed by atoms with Crippen molar-refractivity contribution in [2.24, 2.45) is 0 Å². The normalized spacial score (nSPS) is 10.4. The Labute approximate surface area is 115 Å². The summed E-state index contributed by atoms with van der Waals surface area (Å²) < 4.78 is 1.79. The van der Waals surface area contributed by atoms with Crippen molar-refractivity contribution in [2.45, 2.75) is 19.2 Å². The third kappa shape index (κ3) is 2.64. The number of halogens is 1. The number of benzene rings is 1. The standard InChI is InChI=1S/C14H15BrN2O/c1-10-3-4-11(2)17(10)16-14(18)13-7-5-12(9-15)6-8-13/h3-8H,9H2,1-2H3,(H,16,18). The molecule has 1 N–H and O–H groups in total. The summed E-state index contributed by atoms with van der Waals surface area (Å²) in [6.45, 7) is 3.92. The van der Waals surface area contributed by atoms with Crippen LogP contribution >= 0.6 is 15.9 Å². The molecule has 0 bridgehead atoms. The number of nitrogens with one attached hydrogen (secondary N) is 1. The number of aryl methyl sites for hydroxylation is 2. The number of carbonyl (C=O) groups is 1. The molecule has 0 unspecified atom stereocenters. The van der Waals surface area contributed by atoms with E-state index in [0.29, 0.717) is 5.56 Å². The number of nitrogens with zero attached hydrogens (tertiary/aromatic N) is 1. The lowest BCUT2D eigenvalue weighted by atomic mass is 10.1. The molecule has 0 saturated carbocycles. The van der Waals surface area contributed by atoms with Crippen molar-refractivity contribution in [3.8, 4) is 0 Å². The van der Waals surface area contributed by atoms with Crippen LogP contribution < -0.4 is 5.43 Å². The molecule has 94 valence electrons. The molecule has 0 aliphatic rings. The highest BCUT2D eigenvalue weighted by Crippen LogP contribution is 2.09. The van der Waals surface area contributed by atoms with Crippen molar-refractivity contribution >= 4 is 21.8 Å². The van der Waals surface area contributed by atoms with E-state index in [4.69, 9.17) is 0 Å². The Hall–Kier alpha value is -1.55. The average Bonchev–Trinajstić information content (AvgIpc) is 2.70. The first-order valence-electron chi connectivity index (χ1n) is 5.73. The van der Waals surface area contributed by atoms with Gasteiger partial charge in [-0.05, 0) is 43.7 Å². The Bertz CT molecular complexity index is 538. The van der Waals surface area contributed by atoms with Crippen LogP contribution in [0.15, 0.2) is 36.4 Å². The topological polar surface area (TPSA) is 34.0 Å². The van der Waals surface area contributed by atoms with Crippen LogP contribution in [-0.2, 0) is 5.33 Å². The van der Waals surface area contributed by atoms with Gasteiger partial charge in [-0.15, -0.1) is 0 Å². The molecule has 0 aliphatic heterocycles. The summed E-state index contributed by atoms with van der Waals surface area (Å²) in [5, 5.41) is 0.796. The molecule has 0 radical (unpaired) electrons. The third-order valence-corrected chi connectivity index (χ3v) is 3.50. The first-order chi connectivity index (χ1) is 8.61. The molecule has 1 heterocycles. The fraction of sp³-hybridized carbons (Fsp3) is 0.214. The lowest BCUT2D eigenvalue weighted by Crippen LogP contribution is -2.24. The number of carbonyl (C=O) groups excluding carboxylic acids is 1. The van der Waals surface area contributed by atoms with E-state index in [2.05, 4.69) is 21.4 Å². The van der Waals surface area contributed by atoms with E-state index >= 15 is 0 Å². The van der Waals surface area contributed by atoms with Gasteiger partial charge in [0.2, 0.25) is 0 Å². The first-order valence-corrected chi connectivity index (χ1v) is 6.85. The molecule has 2 rings (SSSR count). The van der Waals surface area contributed by atoms with Crippen LogP contribution in [-0.4, -0.2) is 10.6 Å². The predicted molar refractivity (Wildman–Crippen MR) is 76.7 cm³/mol. The molecule has 0 atom stereocenters. The molecular formula is C14H15BrN2O. The van der Waals surface area contributed by atoms with Crippen molar-refractivity contribution in [3.63, 3.8) is 0 Å². The van der Waals surface area contributed by atoms with Gasteiger partial charge in [0.1, 0.15) is 0 Å². The fourth-order valence-electron chi connectivity index (χ4n) is 1.76. The number of alkyl halides is 1. The highest BCUT2D eigenvalue weighted by molar-refractivity contribution is 9.08. The van der Waals surface area contributed by atoms with Gasteiger partial charge in [-0.2, -0.15) is 0 Å². The number of rotatable bonds is 3. The summed E-state index contributed by atoms with van der Waals surface area (Å²) in [5.74, 6) is -0.0986. The zero-order valence-electron chi connectivity index (χ0n) is 10.4. The van der Waals surface area contributed by atoms with E-state index < -0.39 is 0 Å². The fourth-order valence-corrected chi connectivity index (χ4v) is 2.13. The SMILES string of the molecule is Cc1ccc(C)n1NC(=O)c1ccc(CBr)cc1. The van der Waals surface area contributed by atoms with Crippen LogP contribution in [0.2, 0.25) is 0 Å². The average molecular weight is 307 g/mol. The Morgan fingerprint density at radius 2 is 1.67 bits per heavy atom. The van der Waals surface area contributed by atoms with Gasteiger partial charge in [-0.3, -0.25) is 14.9 Å². The zero-order chi connectivity index (χ0) is 13.1. The van der Waals surface area contributed by atoms with E-state index in [9.17, 15) is 4.79 Å². The maximum Gasteiger partial charge on any atom is 0.270 e. The Balaban J connectivity index is 2.17. The van der Waals surface area contributed by atoms with E-state index in [0.717, 1.165) is 22.3 Å². The molecule has 1 aromatic carbocycles. The molecule has 1 amide bonds. The van der Waals surface area contributed by atoms with Crippen LogP contribution in [0.3, 0.4) is 0 Å². The first kappa shape index (κ1) is 12.9. The number of aromatic nitrogens is 1. The van der Waals surface area contributed by atoms with Crippen LogP contribution in [0.25, 0.3) is 0 Å². The molecule has 0 aliphatic carbocycles. The Kier molecular flexibility index (Phi) is 3.87. The Morgan fingerprint density at radius 3 is 2.17 bits per heavy atom. The molecule has 18 heavy (non-hydrogen) atoms. The number of hydrogen-bond acceptors (Lipinski definition) is 1. The summed E-state index contributed by atoms with van der Waals surface area (Å²) in [4.78, 5) is 12.1. The summed E-state index contributed by atoms with van der Waals surface area (Å²) >= 11 is 3.38. The maximum atomic E-state index is 12.1. The smallest absolute Gasteiger partial charge is 0.267 e. The second-order valence-electron chi connectivity index (χ2n) is 4.22. The van der Waals surface area contributed by atoms with Crippen molar-refractivity contribution in [1.82, 2.24) is 4.68 Å². The van der Waals surface area contributed by atoms with Gasteiger partial charge in [-0.25, -0.2) is 0 Å². The van der Waals surface area contributed by atoms with E-state index in [1.165, 1.54) is 0 Å². The van der Waals surface area contributed by atoms with Gasteiger partial charge in [0.15, 0.2) is 0 Å². The molecular weight excluding hydrogens is 292 g/mol. The molecule has 0 spiro atoms. The second kappa shape index (κ2) is 5.40. The summed E-state index contributed by atoms with van der Waals surface area (Å²) in [6, 6.07) is 11.5. The van der Waals surface area contributed by atoms with Gasteiger partial charge < -0.3 is 0 Å². The van der Waals surface area contributed by atoms with Gasteiger partial charge in [0.05, 0.1) is 0 Å². The predicted octanol–water partition coefficient (Wildman–Crippen LogP) is 3.38. The molecule has 4 heteroatoms. The highest BCUT2D eigenvalue weighted by Gasteiger charge is 2.08. The van der Waals surface area contributed by atoms with E-state index in [1.807, 2.05) is 50.2 Å². The van der Waals surface area contributed by atoms with Crippen LogP contribution in [0.1, 0.15) is 27.3 Å². The van der Waals surface area contributed by atoms with Crippen molar-refractivity contribution in [2.75, 3.05) is 5.43 Å². The number of hydrogen-bond donors (Lipinski definition) is 1. The molecule has 2 aromatic rings. The van der Waals surface area contributed by atoms with Crippen LogP contribution in [0.4, 0.5) is 0 Å². The zero-order valence-corrected chi connectivity index (χ0v) is 12.0. The minimum Gasteiger partial charge on any atom is -0.267 e. The largest absolute Gasteiger partial charge is 0.270 e. The Morgan fingerprint density at radius 1 is 1.11 bits per heavy atom. The minimum atomic E-state index is -0.0986. The van der Waals surface area contributed by atoms with Gasteiger partial charge in [-0.1, -0.05) is 28.1 Å². The lowest BCUT2D eigenvalue weighted by molar-refractivity contribution is 0.101. The van der Waals surface area contributed by atoms with E-state index in [-0.39, 0.29) is 5.91 Å². The third-order valence-electron chi connectivity index (χ3n) is 2.85.